The van der Waals surface area contributed by atoms with Crippen molar-refractivity contribution in [3.8, 4) is 0 Å². The first-order chi connectivity index (χ1) is 30.2. The van der Waals surface area contributed by atoms with Crippen LogP contribution in [0.15, 0.2) is 36.5 Å². The van der Waals surface area contributed by atoms with Crippen molar-refractivity contribution in [3.05, 3.63) is 36.5 Å². The van der Waals surface area contributed by atoms with Gasteiger partial charge in [0.15, 0.2) is 6.10 Å². The molecule has 1 saturated heterocycles. The number of unbranched alkanes of at least 4 members (excludes halogenated alkanes) is 18. The summed E-state index contributed by atoms with van der Waals surface area (Å²) in [5, 5.41) is 9.77. The van der Waals surface area contributed by atoms with Crippen molar-refractivity contribution >= 4 is 27.6 Å². The molecule has 0 radical (unpaired) electrons. The van der Waals surface area contributed by atoms with Gasteiger partial charge in [-0.2, -0.15) is 0 Å². The number of esters is 2. The van der Waals surface area contributed by atoms with Crippen LogP contribution in [0.25, 0.3) is 0 Å². The molecular formula is C47H86O14P2. The second-order valence-corrected chi connectivity index (χ2v) is 19.9. The standard InChI is InChI=1S/C47H86O14P2/c1-4-5-6-7-8-16-20-23-28-33-44-45(61-44)34-29-25-26-31-36-47(50)60-43(40-59-63(54,55)58-38-42(48)37-57-62(51,52)53)39-56-46(49)35-30-24-21-18-15-13-11-9-10-12-14-17-19-22-27-32-41(2)3/h8,16,23,25,28-29,41-45,48H,4-7,9-15,17-22,24,26-27,30-40H2,1-3H3,(H,54,55)(H2,51,52,53)/b16-8-,28-23-,29-25-/t42-,43+,44?,45?/m0/s1. The van der Waals surface area contributed by atoms with Crippen LogP contribution in [-0.2, 0) is 46.5 Å². The molecule has 1 aliphatic rings. The van der Waals surface area contributed by atoms with E-state index in [2.05, 4.69) is 49.6 Å². The van der Waals surface area contributed by atoms with Crippen molar-refractivity contribution in [2.24, 2.45) is 5.92 Å². The van der Waals surface area contributed by atoms with Gasteiger partial charge in [0.2, 0.25) is 0 Å². The zero-order chi connectivity index (χ0) is 46.4. The van der Waals surface area contributed by atoms with Gasteiger partial charge in [0.25, 0.3) is 0 Å². The second kappa shape index (κ2) is 38.4. The normalized spacial score (nSPS) is 17.5. The number of phosphoric ester groups is 2. The number of hydrogen-bond donors (Lipinski definition) is 4. The molecule has 3 unspecified atom stereocenters. The maximum atomic E-state index is 12.7. The van der Waals surface area contributed by atoms with Gasteiger partial charge in [-0.05, 0) is 57.3 Å². The third-order valence-electron chi connectivity index (χ3n) is 10.6. The van der Waals surface area contributed by atoms with E-state index in [1.807, 2.05) is 12.2 Å². The lowest BCUT2D eigenvalue weighted by molar-refractivity contribution is -0.161. The first-order valence-corrected chi connectivity index (χ1v) is 27.2. The summed E-state index contributed by atoms with van der Waals surface area (Å²) in [5.41, 5.74) is 0. The minimum Gasteiger partial charge on any atom is -0.462 e. The largest absolute Gasteiger partial charge is 0.472 e. The molecule has 1 heterocycles. The molecule has 14 nitrogen and oxygen atoms in total. The van der Waals surface area contributed by atoms with E-state index in [9.17, 15) is 28.7 Å². The molecule has 368 valence electrons. The summed E-state index contributed by atoms with van der Waals surface area (Å²) in [6.07, 6.45) is 38.8. The van der Waals surface area contributed by atoms with E-state index >= 15 is 0 Å². The first kappa shape index (κ1) is 59.3. The van der Waals surface area contributed by atoms with Gasteiger partial charge >= 0.3 is 27.6 Å². The molecule has 0 aromatic carbocycles. The molecule has 0 spiro atoms. The van der Waals surface area contributed by atoms with Crippen LogP contribution in [0.4, 0.5) is 0 Å². The number of carbonyl (C=O) groups is 2. The van der Waals surface area contributed by atoms with Crippen LogP contribution in [0.5, 0.6) is 0 Å². The minimum atomic E-state index is -4.87. The van der Waals surface area contributed by atoms with Crippen LogP contribution in [0.2, 0.25) is 0 Å². The Hall–Kier alpha value is -1.70. The molecule has 0 bridgehead atoms. The minimum absolute atomic E-state index is 0.0486. The van der Waals surface area contributed by atoms with Crippen LogP contribution >= 0.6 is 15.6 Å². The van der Waals surface area contributed by atoms with Gasteiger partial charge in [0.05, 0.1) is 32.0 Å². The number of phosphoric acid groups is 2. The maximum Gasteiger partial charge on any atom is 0.472 e. The van der Waals surface area contributed by atoms with E-state index in [4.69, 9.17) is 33.0 Å². The van der Waals surface area contributed by atoms with Crippen molar-refractivity contribution in [2.75, 3.05) is 26.4 Å². The van der Waals surface area contributed by atoms with Crippen molar-refractivity contribution in [2.45, 2.75) is 219 Å². The smallest absolute Gasteiger partial charge is 0.462 e. The van der Waals surface area contributed by atoms with E-state index in [1.54, 1.807) is 0 Å². The fourth-order valence-corrected chi connectivity index (χ4v) is 7.96. The Labute approximate surface area is 380 Å². The highest BCUT2D eigenvalue weighted by molar-refractivity contribution is 7.47. The number of aliphatic hydroxyl groups excluding tert-OH is 1. The molecule has 1 rings (SSSR count). The van der Waals surface area contributed by atoms with Crippen LogP contribution < -0.4 is 0 Å². The zero-order valence-electron chi connectivity index (χ0n) is 39.0. The van der Waals surface area contributed by atoms with Crippen LogP contribution in [-0.4, -0.2) is 82.6 Å². The van der Waals surface area contributed by atoms with Gasteiger partial charge in [-0.25, -0.2) is 9.13 Å². The Morgan fingerprint density at radius 1 is 0.587 bits per heavy atom. The van der Waals surface area contributed by atoms with Crippen LogP contribution in [0.1, 0.15) is 194 Å². The lowest BCUT2D eigenvalue weighted by atomic mass is 10.0. The van der Waals surface area contributed by atoms with Crippen molar-refractivity contribution in [1.82, 2.24) is 0 Å². The predicted octanol–water partition coefficient (Wildman–Crippen LogP) is 11.7. The molecule has 0 saturated carbocycles. The Bertz CT molecular complexity index is 1330. The monoisotopic (exact) mass is 937 g/mol. The third kappa shape index (κ3) is 40.3. The molecule has 4 N–H and O–H groups in total. The first-order valence-electron chi connectivity index (χ1n) is 24.2. The highest BCUT2D eigenvalue weighted by Gasteiger charge is 2.36. The number of ether oxygens (including phenoxy) is 3. The summed E-state index contributed by atoms with van der Waals surface area (Å²) in [5.74, 6) is -0.283. The van der Waals surface area contributed by atoms with E-state index in [0.717, 1.165) is 50.9 Å². The molecule has 0 aromatic rings. The SMILES string of the molecule is CCCCC/C=C\C/C=C\CC1OC1C/C=C\CCCC(=O)O[C@H](COC(=O)CCCCCCCCCCCCCCCCCC(C)C)COP(=O)(O)OC[C@@H](O)COP(=O)(O)O. The third-order valence-corrected chi connectivity index (χ3v) is 12.0. The van der Waals surface area contributed by atoms with E-state index in [0.29, 0.717) is 19.3 Å². The summed E-state index contributed by atoms with van der Waals surface area (Å²) in [4.78, 5) is 52.9. The number of hydrogen-bond acceptors (Lipinski definition) is 11. The number of carbonyl (C=O) groups excluding carboxylic acids is 2. The fourth-order valence-electron chi connectivity index (χ4n) is 6.80. The summed E-state index contributed by atoms with van der Waals surface area (Å²) < 4.78 is 53.6. The molecule has 1 fully saturated rings. The van der Waals surface area contributed by atoms with Gasteiger partial charge in [-0.1, -0.05) is 166 Å². The number of aliphatic hydroxyl groups is 1. The number of epoxide rings is 1. The zero-order valence-corrected chi connectivity index (χ0v) is 40.8. The number of rotatable bonds is 44. The van der Waals surface area contributed by atoms with Gasteiger partial charge in [-0.15, -0.1) is 0 Å². The summed E-state index contributed by atoms with van der Waals surface area (Å²) in [7, 11) is -9.70. The topological polar surface area (TPSA) is 208 Å². The molecule has 0 aromatic heterocycles. The number of allylic oxidation sites excluding steroid dienone is 4. The Morgan fingerprint density at radius 3 is 1.67 bits per heavy atom. The van der Waals surface area contributed by atoms with Gasteiger partial charge in [0.1, 0.15) is 12.7 Å². The Kier molecular flexibility index (Phi) is 36.2. The van der Waals surface area contributed by atoms with E-state index in [-0.39, 0.29) is 25.0 Å². The highest BCUT2D eigenvalue weighted by Crippen LogP contribution is 2.44. The van der Waals surface area contributed by atoms with Gasteiger partial charge in [-0.3, -0.25) is 23.2 Å². The average molecular weight is 937 g/mol. The van der Waals surface area contributed by atoms with Crippen molar-refractivity contribution < 1.29 is 66.3 Å². The molecule has 0 aliphatic carbocycles. The fraction of sp³-hybridized carbons (Fsp3) is 0.830. The molecular weight excluding hydrogens is 850 g/mol. The Balaban J connectivity index is 2.36. The van der Waals surface area contributed by atoms with Gasteiger partial charge < -0.3 is 34.0 Å². The summed E-state index contributed by atoms with van der Waals surface area (Å²) in [6, 6.07) is 0. The lowest BCUT2D eigenvalue weighted by Crippen LogP contribution is -2.29. The summed E-state index contributed by atoms with van der Waals surface area (Å²) in [6.45, 7) is 4.02. The van der Waals surface area contributed by atoms with Crippen molar-refractivity contribution in [1.29, 1.82) is 0 Å². The maximum absolute atomic E-state index is 12.7. The van der Waals surface area contributed by atoms with Crippen LogP contribution in [0, 0.1) is 5.92 Å². The molecule has 0 amide bonds. The van der Waals surface area contributed by atoms with Crippen molar-refractivity contribution in [3.63, 3.8) is 0 Å². The Morgan fingerprint density at radius 2 is 1.08 bits per heavy atom. The molecule has 16 heteroatoms. The van der Waals surface area contributed by atoms with Gasteiger partial charge in [0, 0.05) is 12.8 Å². The molecule has 5 atom stereocenters. The quantitative estimate of drug-likeness (QED) is 0.0147. The summed E-state index contributed by atoms with van der Waals surface area (Å²) >= 11 is 0. The molecule has 1 aliphatic heterocycles. The van der Waals surface area contributed by atoms with E-state index in [1.165, 1.54) is 96.3 Å². The highest BCUT2D eigenvalue weighted by atomic mass is 31.2. The average Bonchev–Trinajstić information content (AvgIpc) is 3.99. The molecule has 63 heavy (non-hydrogen) atoms. The van der Waals surface area contributed by atoms with Crippen LogP contribution in [0.3, 0.4) is 0 Å². The van der Waals surface area contributed by atoms with E-state index < -0.39 is 66.2 Å². The second-order valence-electron chi connectivity index (χ2n) is 17.3. The predicted molar refractivity (Wildman–Crippen MR) is 248 cm³/mol. The lowest BCUT2D eigenvalue weighted by Gasteiger charge is -2.20.